The molecule has 2 aromatic carbocycles. The van der Waals surface area contributed by atoms with Crippen LogP contribution >= 0.6 is 0 Å². The largest absolute Gasteiger partial charge is 0.508 e. The lowest BCUT2D eigenvalue weighted by atomic mass is 10.0. The minimum Gasteiger partial charge on any atom is -0.508 e. The highest BCUT2D eigenvalue weighted by atomic mass is 16.3. The van der Waals surface area contributed by atoms with Crippen molar-refractivity contribution in [3.8, 4) is 5.75 Å². The number of rotatable bonds is 8. The van der Waals surface area contributed by atoms with E-state index in [-0.39, 0.29) is 0 Å². The Morgan fingerprint density at radius 3 is 2.57 bits per heavy atom. The van der Waals surface area contributed by atoms with E-state index in [4.69, 9.17) is 0 Å². The van der Waals surface area contributed by atoms with E-state index in [1.54, 1.807) is 6.07 Å². The number of hydrogen-bond acceptors (Lipinski definition) is 2. The minimum atomic E-state index is 0.395. The zero-order valence-electron chi connectivity index (χ0n) is 13.2. The maximum Gasteiger partial charge on any atom is 0.120 e. The lowest BCUT2D eigenvalue weighted by Gasteiger charge is -2.19. The molecule has 0 saturated carbocycles. The Kier molecular flexibility index (Phi) is 6.06. The maximum atomic E-state index is 10.2. The van der Waals surface area contributed by atoms with Gasteiger partial charge in [-0.15, -0.1) is 0 Å². The van der Waals surface area contributed by atoms with E-state index in [1.165, 1.54) is 37.5 Å². The lowest BCUT2D eigenvalue weighted by Crippen LogP contribution is -2.28. The zero-order chi connectivity index (χ0) is 15.1. The summed E-state index contributed by atoms with van der Waals surface area (Å²) in [5.74, 6) is 0.395. The van der Waals surface area contributed by atoms with Gasteiger partial charge in [0.2, 0.25) is 0 Å². The quantitative estimate of drug-likeness (QED) is 0.716. The van der Waals surface area contributed by atoms with Crippen LogP contribution in [0.25, 0.3) is 10.8 Å². The van der Waals surface area contributed by atoms with Crippen molar-refractivity contribution in [3.63, 3.8) is 0 Å². The Bertz CT molecular complexity index is 564. The molecule has 0 fully saturated rings. The predicted molar refractivity (Wildman–Crippen MR) is 90.7 cm³/mol. The van der Waals surface area contributed by atoms with Crippen LogP contribution in [0, 0.1) is 0 Å². The zero-order valence-corrected chi connectivity index (χ0v) is 13.2. The monoisotopic (exact) mass is 285 g/mol. The number of aromatic hydroxyl groups is 1. The van der Waals surface area contributed by atoms with E-state index in [9.17, 15) is 5.11 Å². The van der Waals surface area contributed by atoms with Gasteiger partial charge < -0.3 is 10.4 Å². The Morgan fingerprint density at radius 2 is 1.81 bits per heavy atom. The van der Waals surface area contributed by atoms with Crippen molar-refractivity contribution in [3.05, 3.63) is 42.0 Å². The third-order valence-electron chi connectivity index (χ3n) is 4.13. The van der Waals surface area contributed by atoms with E-state index in [1.807, 2.05) is 18.2 Å². The summed E-state index contributed by atoms with van der Waals surface area (Å²) in [6, 6.07) is 12.6. The molecule has 2 nitrogen and oxygen atoms in total. The van der Waals surface area contributed by atoms with Gasteiger partial charge in [0.05, 0.1) is 0 Å². The third-order valence-corrected chi connectivity index (χ3v) is 4.13. The SMILES string of the molecule is CCCCC(CCC)NCc1c(O)ccc2ccccc12. The molecule has 0 aliphatic carbocycles. The van der Waals surface area contributed by atoms with Gasteiger partial charge >= 0.3 is 0 Å². The van der Waals surface area contributed by atoms with Crippen molar-refractivity contribution in [1.29, 1.82) is 0 Å². The first kappa shape index (κ1) is 15.8. The maximum absolute atomic E-state index is 10.2. The first-order chi connectivity index (χ1) is 10.3. The highest BCUT2D eigenvalue weighted by Gasteiger charge is 2.10. The van der Waals surface area contributed by atoms with Crippen molar-refractivity contribution in [1.82, 2.24) is 5.32 Å². The Labute approximate surface area is 128 Å². The van der Waals surface area contributed by atoms with Gasteiger partial charge in [0.25, 0.3) is 0 Å². The average Bonchev–Trinajstić information content (AvgIpc) is 2.51. The Balaban J connectivity index is 2.12. The van der Waals surface area contributed by atoms with Gasteiger partial charge in [-0.1, -0.05) is 63.4 Å². The fourth-order valence-electron chi connectivity index (χ4n) is 2.90. The topological polar surface area (TPSA) is 32.3 Å². The molecule has 0 radical (unpaired) electrons. The molecule has 2 aromatic rings. The molecule has 114 valence electrons. The first-order valence-corrected chi connectivity index (χ1v) is 8.19. The average molecular weight is 285 g/mol. The summed E-state index contributed by atoms with van der Waals surface area (Å²) in [5.41, 5.74) is 1.02. The molecular weight excluding hydrogens is 258 g/mol. The molecule has 0 aliphatic heterocycles. The van der Waals surface area contributed by atoms with Gasteiger partial charge in [-0.3, -0.25) is 0 Å². The van der Waals surface area contributed by atoms with E-state index >= 15 is 0 Å². The van der Waals surface area contributed by atoms with Crippen LogP contribution in [0.1, 0.15) is 51.5 Å². The van der Waals surface area contributed by atoms with Crippen molar-refractivity contribution in [2.45, 2.75) is 58.5 Å². The molecule has 2 rings (SSSR count). The third kappa shape index (κ3) is 4.21. The second-order valence-electron chi connectivity index (χ2n) is 5.79. The molecular formula is C19H27NO. The molecule has 0 aromatic heterocycles. The molecule has 0 saturated heterocycles. The predicted octanol–water partition coefficient (Wildman–Crippen LogP) is 4.99. The van der Waals surface area contributed by atoms with E-state index in [0.717, 1.165) is 17.5 Å². The molecule has 21 heavy (non-hydrogen) atoms. The second kappa shape index (κ2) is 8.04. The van der Waals surface area contributed by atoms with Gasteiger partial charge in [-0.25, -0.2) is 0 Å². The number of phenolic OH excluding ortho intramolecular Hbond substituents is 1. The minimum absolute atomic E-state index is 0.395. The second-order valence-corrected chi connectivity index (χ2v) is 5.79. The highest BCUT2D eigenvalue weighted by molar-refractivity contribution is 5.87. The van der Waals surface area contributed by atoms with Gasteiger partial charge in [0.15, 0.2) is 0 Å². The number of fused-ring (bicyclic) bond motifs is 1. The van der Waals surface area contributed by atoms with Crippen LogP contribution in [0.2, 0.25) is 0 Å². The number of hydrogen-bond donors (Lipinski definition) is 2. The highest BCUT2D eigenvalue weighted by Crippen LogP contribution is 2.27. The number of unbranched alkanes of at least 4 members (excludes halogenated alkanes) is 1. The normalized spacial score (nSPS) is 12.7. The van der Waals surface area contributed by atoms with Crippen LogP contribution in [0.3, 0.4) is 0 Å². The Hall–Kier alpha value is -1.54. The number of benzene rings is 2. The molecule has 0 amide bonds. The molecule has 1 atom stereocenters. The van der Waals surface area contributed by atoms with E-state index in [0.29, 0.717) is 11.8 Å². The molecule has 0 aliphatic rings. The first-order valence-electron chi connectivity index (χ1n) is 8.19. The van der Waals surface area contributed by atoms with Crippen LogP contribution < -0.4 is 5.32 Å². The molecule has 2 N–H and O–H groups in total. The number of phenols is 1. The molecule has 2 heteroatoms. The lowest BCUT2D eigenvalue weighted by molar-refractivity contribution is 0.423. The van der Waals surface area contributed by atoms with Crippen LogP contribution in [-0.4, -0.2) is 11.1 Å². The summed E-state index contributed by atoms with van der Waals surface area (Å²) in [6.07, 6.45) is 6.12. The summed E-state index contributed by atoms with van der Waals surface area (Å²) in [7, 11) is 0. The van der Waals surface area contributed by atoms with Crippen LogP contribution in [0.4, 0.5) is 0 Å². The van der Waals surface area contributed by atoms with Crippen LogP contribution in [0.15, 0.2) is 36.4 Å². The molecule has 0 spiro atoms. The molecule has 1 unspecified atom stereocenters. The van der Waals surface area contributed by atoms with Crippen LogP contribution in [-0.2, 0) is 6.54 Å². The summed E-state index contributed by atoms with van der Waals surface area (Å²) in [5, 5.41) is 16.2. The number of nitrogens with one attached hydrogen (secondary N) is 1. The van der Waals surface area contributed by atoms with Crippen molar-refractivity contribution >= 4 is 10.8 Å². The van der Waals surface area contributed by atoms with E-state index in [2.05, 4.69) is 31.3 Å². The van der Waals surface area contributed by atoms with E-state index < -0.39 is 0 Å². The summed E-state index contributed by atoms with van der Waals surface area (Å²) in [4.78, 5) is 0. The standard InChI is InChI=1S/C19H27NO/c1-3-5-10-16(8-4-2)20-14-18-17-11-7-6-9-15(17)12-13-19(18)21/h6-7,9,11-13,16,20-21H,3-5,8,10,14H2,1-2H3. The molecule has 0 bridgehead atoms. The fraction of sp³-hybridized carbons (Fsp3) is 0.474. The van der Waals surface area contributed by atoms with Crippen molar-refractivity contribution in [2.24, 2.45) is 0 Å². The Morgan fingerprint density at radius 1 is 1.00 bits per heavy atom. The summed E-state index contributed by atoms with van der Waals surface area (Å²) < 4.78 is 0. The molecule has 0 heterocycles. The van der Waals surface area contributed by atoms with Crippen molar-refractivity contribution in [2.75, 3.05) is 0 Å². The van der Waals surface area contributed by atoms with Gasteiger partial charge in [-0.2, -0.15) is 0 Å². The van der Waals surface area contributed by atoms with Crippen LogP contribution in [0.5, 0.6) is 5.75 Å². The summed E-state index contributed by atoms with van der Waals surface area (Å²) in [6.45, 7) is 5.21. The van der Waals surface area contributed by atoms with Gasteiger partial charge in [-0.05, 0) is 29.7 Å². The summed E-state index contributed by atoms with van der Waals surface area (Å²) >= 11 is 0. The van der Waals surface area contributed by atoms with Gasteiger partial charge in [0, 0.05) is 18.2 Å². The smallest absolute Gasteiger partial charge is 0.120 e. The van der Waals surface area contributed by atoms with Crippen molar-refractivity contribution < 1.29 is 5.11 Å². The fourth-order valence-corrected chi connectivity index (χ4v) is 2.90. The van der Waals surface area contributed by atoms with Gasteiger partial charge in [0.1, 0.15) is 5.75 Å².